The van der Waals surface area contributed by atoms with Gasteiger partial charge < -0.3 is 9.47 Å². The summed E-state index contributed by atoms with van der Waals surface area (Å²) >= 11 is 0. The van der Waals surface area contributed by atoms with Gasteiger partial charge in [0.2, 0.25) is 5.91 Å². The van der Waals surface area contributed by atoms with Crippen LogP contribution < -0.4 is 20.5 Å². The molecule has 1 saturated heterocycles. The van der Waals surface area contributed by atoms with Crippen molar-refractivity contribution in [1.82, 2.24) is 10.9 Å². The van der Waals surface area contributed by atoms with Crippen LogP contribution in [0.1, 0.15) is 27.2 Å². The smallest absolute Gasteiger partial charge is 0.422 e. The van der Waals surface area contributed by atoms with Crippen LogP contribution in [-0.2, 0) is 14.3 Å². The Morgan fingerprint density at radius 1 is 1.21 bits per heavy atom. The van der Waals surface area contributed by atoms with Crippen molar-refractivity contribution in [1.29, 1.82) is 0 Å². The zero-order valence-corrected chi connectivity index (χ0v) is 14.1. The molecule has 0 aliphatic carbocycles. The maximum atomic E-state index is 12.4. The number of methoxy groups -OCH3 is 1. The average molecular weight is 335 g/mol. The van der Waals surface area contributed by atoms with E-state index in [1.165, 1.54) is 7.11 Å². The molecular weight excluding hydrogens is 314 g/mol. The number of rotatable bonds is 4. The molecule has 0 saturated carbocycles. The standard InChI is InChI=1S/C16H21N3O5/c1-16(2,3)24-15(22)18-17-12-9-13(20)19(14(12)21)10-5-7-11(23-4)8-6-10/h5-8,12,17H,9H2,1-4H3,(H,18,22)/t12-/m1/s1. The number of ether oxygens (including phenoxy) is 2. The third-order valence-corrected chi connectivity index (χ3v) is 3.22. The van der Waals surface area contributed by atoms with Crippen LogP contribution in [0, 0.1) is 0 Å². The number of carbonyl (C=O) groups excluding carboxylic acids is 3. The van der Waals surface area contributed by atoms with Gasteiger partial charge in [-0.05, 0) is 45.0 Å². The molecule has 8 nitrogen and oxygen atoms in total. The molecule has 0 radical (unpaired) electrons. The molecule has 2 N–H and O–H groups in total. The van der Waals surface area contributed by atoms with E-state index in [0.717, 1.165) is 4.90 Å². The number of nitrogens with one attached hydrogen (secondary N) is 2. The third kappa shape index (κ3) is 4.23. The lowest BCUT2D eigenvalue weighted by Crippen LogP contribution is -2.49. The zero-order valence-electron chi connectivity index (χ0n) is 14.1. The number of hydrazine groups is 1. The summed E-state index contributed by atoms with van der Waals surface area (Å²) in [7, 11) is 1.53. The maximum absolute atomic E-state index is 12.4. The van der Waals surface area contributed by atoms with Crippen molar-refractivity contribution in [3.8, 4) is 5.75 Å². The first kappa shape index (κ1) is 17.7. The second kappa shape index (κ2) is 6.88. The fraction of sp³-hybridized carbons (Fsp3) is 0.438. The van der Waals surface area contributed by atoms with E-state index in [1.807, 2.05) is 0 Å². The number of carbonyl (C=O) groups is 3. The molecular formula is C16H21N3O5. The van der Waals surface area contributed by atoms with Gasteiger partial charge in [0.25, 0.3) is 5.91 Å². The first-order chi connectivity index (χ1) is 11.2. The van der Waals surface area contributed by atoms with E-state index in [4.69, 9.17) is 9.47 Å². The van der Waals surface area contributed by atoms with Gasteiger partial charge in [0, 0.05) is 0 Å². The molecule has 0 aromatic heterocycles. The van der Waals surface area contributed by atoms with Crippen molar-refractivity contribution >= 4 is 23.6 Å². The molecule has 3 amide bonds. The SMILES string of the molecule is COc1ccc(N2C(=O)C[C@@H](NNC(=O)OC(C)(C)C)C2=O)cc1. The summed E-state index contributed by atoms with van der Waals surface area (Å²) in [6, 6.07) is 5.73. The van der Waals surface area contributed by atoms with Gasteiger partial charge in [0.05, 0.1) is 19.2 Å². The summed E-state index contributed by atoms with van der Waals surface area (Å²) < 4.78 is 10.1. The molecule has 1 fully saturated rings. The molecule has 8 heteroatoms. The van der Waals surface area contributed by atoms with Crippen LogP contribution in [-0.4, -0.2) is 36.7 Å². The van der Waals surface area contributed by atoms with Crippen molar-refractivity contribution < 1.29 is 23.9 Å². The topological polar surface area (TPSA) is 97.0 Å². The number of hydrogen-bond acceptors (Lipinski definition) is 6. The summed E-state index contributed by atoms with van der Waals surface area (Å²) in [4.78, 5) is 37.2. The van der Waals surface area contributed by atoms with Crippen LogP contribution >= 0.6 is 0 Å². The summed E-state index contributed by atoms with van der Waals surface area (Å²) in [5.41, 5.74) is 4.63. The van der Waals surface area contributed by atoms with Gasteiger partial charge in [-0.1, -0.05) is 0 Å². The number of anilines is 1. The molecule has 0 spiro atoms. The van der Waals surface area contributed by atoms with E-state index in [9.17, 15) is 14.4 Å². The van der Waals surface area contributed by atoms with Crippen molar-refractivity contribution in [2.45, 2.75) is 38.8 Å². The van der Waals surface area contributed by atoms with Crippen molar-refractivity contribution in [2.24, 2.45) is 0 Å². The van der Waals surface area contributed by atoms with E-state index >= 15 is 0 Å². The molecule has 130 valence electrons. The normalized spacial score (nSPS) is 17.8. The highest BCUT2D eigenvalue weighted by Crippen LogP contribution is 2.24. The van der Waals surface area contributed by atoms with Crippen molar-refractivity contribution in [2.75, 3.05) is 12.0 Å². The molecule has 1 aromatic carbocycles. The number of imide groups is 1. The predicted molar refractivity (Wildman–Crippen MR) is 86.4 cm³/mol. The van der Waals surface area contributed by atoms with Gasteiger partial charge >= 0.3 is 6.09 Å². The predicted octanol–water partition coefficient (Wildman–Crippen LogP) is 1.36. The fourth-order valence-electron chi connectivity index (χ4n) is 2.20. The van der Waals surface area contributed by atoms with E-state index in [2.05, 4.69) is 10.9 Å². The Kier molecular flexibility index (Phi) is 5.08. The average Bonchev–Trinajstić information content (AvgIpc) is 2.78. The van der Waals surface area contributed by atoms with Crippen LogP contribution in [0.15, 0.2) is 24.3 Å². The molecule has 1 aliphatic rings. The van der Waals surface area contributed by atoms with Crippen molar-refractivity contribution in [3.63, 3.8) is 0 Å². The van der Waals surface area contributed by atoms with Gasteiger partial charge in [-0.25, -0.2) is 15.1 Å². The second-order valence-corrected chi connectivity index (χ2v) is 6.29. The minimum Gasteiger partial charge on any atom is -0.497 e. The molecule has 0 unspecified atom stereocenters. The lowest BCUT2D eigenvalue weighted by molar-refractivity contribution is -0.121. The number of hydrogen-bond donors (Lipinski definition) is 2. The van der Waals surface area contributed by atoms with Crippen LogP contribution in [0.5, 0.6) is 5.75 Å². The molecule has 2 rings (SSSR count). The highest BCUT2D eigenvalue weighted by Gasteiger charge is 2.39. The second-order valence-electron chi connectivity index (χ2n) is 6.29. The van der Waals surface area contributed by atoms with Gasteiger partial charge in [0.15, 0.2) is 0 Å². The lowest BCUT2D eigenvalue weighted by Gasteiger charge is -2.21. The largest absolute Gasteiger partial charge is 0.497 e. The molecule has 1 aliphatic heterocycles. The van der Waals surface area contributed by atoms with Gasteiger partial charge in [-0.15, -0.1) is 0 Å². The Hall–Kier alpha value is -2.61. The number of amides is 3. The molecule has 0 bridgehead atoms. The quantitative estimate of drug-likeness (QED) is 0.637. The maximum Gasteiger partial charge on any atom is 0.422 e. The molecule has 1 atom stereocenters. The van der Waals surface area contributed by atoms with Gasteiger partial charge in [-0.3, -0.25) is 15.0 Å². The van der Waals surface area contributed by atoms with E-state index in [-0.39, 0.29) is 12.3 Å². The van der Waals surface area contributed by atoms with Crippen LogP contribution in [0.25, 0.3) is 0 Å². The van der Waals surface area contributed by atoms with E-state index < -0.39 is 23.6 Å². The zero-order chi connectivity index (χ0) is 17.9. The summed E-state index contributed by atoms with van der Waals surface area (Å²) in [5.74, 6) is -0.172. The minimum atomic E-state index is -0.841. The first-order valence-electron chi connectivity index (χ1n) is 7.46. The summed E-state index contributed by atoms with van der Waals surface area (Å²) in [6.45, 7) is 5.17. The summed E-state index contributed by atoms with van der Waals surface area (Å²) in [6.07, 6.45) is -0.772. The monoisotopic (exact) mass is 335 g/mol. The molecule has 1 aromatic rings. The Bertz CT molecular complexity index is 636. The van der Waals surface area contributed by atoms with E-state index in [0.29, 0.717) is 11.4 Å². The number of nitrogens with zero attached hydrogens (tertiary/aromatic N) is 1. The minimum absolute atomic E-state index is 0.0549. The summed E-state index contributed by atoms with van der Waals surface area (Å²) in [5, 5.41) is 0. The highest BCUT2D eigenvalue weighted by atomic mass is 16.6. The van der Waals surface area contributed by atoms with Crippen LogP contribution in [0.3, 0.4) is 0 Å². The Labute approximate surface area is 140 Å². The van der Waals surface area contributed by atoms with Crippen LogP contribution in [0.4, 0.5) is 10.5 Å². The van der Waals surface area contributed by atoms with E-state index in [1.54, 1.807) is 45.0 Å². The third-order valence-electron chi connectivity index (χ3n) is 3.22. The molecule has 1 heterocycles. The van der Waals surface area contributed by atoms with Gasteiger partial charge in [-0.2, -0.15) is 0 Å². The first-order valence-corrected chi connectivity index (χ1v) is 7.46. The van der Waals surface area contributed by atoms with Crippen LogP contribution in [0.2, 0.25) is 0 Å². The Balaban J connectivity index is 1.99. The van der Waals surface area contributed by atoms with Gasteiger partial charge in [0.1, 0.15) is 17.4 Å². The number of benzene rings is 1. The van der Waals surface area contributed by atoms with Crippen molar-refractivity contribution in [3.05, 3.63) is 24.3 Å². The lowest BCUT2D eigenvalue weighted by atomic mass is 10.2. The Morgan fingerprint density at radius 3 is 2.38 bits per heavy atom. The Morgan fingerprint density at radius 2 is 1.83 bits per heavy atom. The fourth-order valence-corrected chi connectivity index (χ4v) is 2.20. The highest BCUT2D eigenvalue weighted by molar-refractivity contribution is 6.22. The molecule has 24 heavy (non-hydrogen) atoms.